The van der Waals surface area contributed by atoms with Gasteiger partial charge in [-0.15, -0.1) is 0 Å². The van der Waals surface area contributed by atoms with E-state index in [1.54, 1.807) is 24.1 Å². The van der Waals surface area contributed by atoms with E-state index in [9.17, 15) is 9.59 Å². The van der Waals surface area contributed by atoms with Gasteiger partial charge in [0.2, 0.25) is 5.91 Å². The molecule has 2 amide bonds. The normalized spacial score (nSPS) is 11.5. The Kier molecular flexibility index (Phi) is 8.50. The van der Waals surface area contributed by atoms with Crippen molar-refractivity contribution in [3.05, 3.63) is 100 Å². The van der Waals surface area contributed by atoms with Crippen LogP contribution in [-0.2, 0) is 22.6 Å². The quantitative estimate of drug-likeness (QED) is 0.498. The minimum absolute atomic E-state index is 0.168. The predicted octanol–water partition coefficient (Wildman–Crippen LogP) is 4.72. The van der Waals surface area contributed by atoms with Crippen LogP contribution in [0, 0.1) is 13.8 Å². The summed E-state index contributed by atoms with van der Waals surface area (Å²) in [5.41, 5.74) is 3.96. The second-order valence-corrected chi connectivity index (χ2v) is 8.52. The van der Waals surface area contributed by atoms with Crippen molar-refractivity contribution >= 4 is 23.4 Å². The number of rotatable bonds is 9. The molecule has 3 rings (SSSR count). The Labute approximate surface area is 200 Å². The van der Waals surface area contributed by atoms with Gasteiger partial charge in [0.1, 0.15) is 11.8 Å². The summed E-state index contributed by atoms with van der Waals surface area (Å²) in [5, 5.41) is 3.32. The van der Waals surface area contributed by atoms with Crippen molar-refractivity contribution in [2.24, 2.45) is 0 Å². The third-order valence-corrected chi connectivity index (χ3v) is 5.59. The van der Waals surface area contributed by atoms with E-state index in [4.69, 9.17) is 16.3 Å². The van der Waals surface area contributed by atoms with Crippen molar-refractivity contribution in [1.29, 1.82) is 0 Å². The van der Waals surface area contributed by atoms with Gasteiger partial charge in [0.15, 0.2) is 6.61 Å². The van der Waals surface area contributed by atoms with Gasteiger partial charge >= 0.3 is 0 Å². The van der Waals surface area contributed by atoms with E-state index in [0.717, 1.165) is 22.3 Å². The molecule has 1 atom stereocenters. The van der Waals surface area contributed by atoms with E-state index in [-0.39, 0.29) is 25.0 Å². The fourth-order valence-corrected chi connectivity index (χ4v) is 3.88. The number of aryl methyl sites for hydroxylation is 2. The van der Waals surface area contributed by atoms with Crippen LogP contribution in [0.15, 0.2) is 72.8 Å². The molecule has 3 aromatic rings. The molecule has 0 aliphatic heterocycles. The first-order valence-corrected chi connectivity index (χ1v) is 11.2. The zero-order chi connectivity index (χ0) is 23.8. The third kappa shape index (κ3) is 7.09. The monoisotopic (exact) mass is 464 g/mol. The van der Waals surface area contributed by atoms with Gasteiger partial charge in [0.05, 0.1) is 0 Å². The SMILES string of the molecule is CNC(=O)C(Cc1ccccc1)N(Cc1ccc(Cl)cc1)C(=O)COc1cc(C)cc(C)c1. The van der Waals surface area contributed by atoms with Gasteiger partial charge in [-0.05, 0) is 60.4 Å². The Morgan fingerprint density at radius 3 is 2.18 bits per heavy atom. The molecule has 0 aliphatic rings. The van der Waals surface area contributed by atoms with Gasteiger partial charge in [-0.25, -0.2) is 0 Å². The topological polar surface area (TPSA) is 58.6 Å². The highest BCUT2D eigenvalue weighted by atomic mass is 35.5. The molecule has 0 spiro atoms. The smallest absolute Gasteiger partial charge is 0.261 e. The Bertz CT molecular complexity index is 1060. The van der Waals surface area contributed by atoms with Crippen LogP contribution in [0.25, 0.3) is 0 Å². The molecule has 0 aliphatic carbocycles. The van der Waals surface area contributed by atoms with Crippen molar-refractivity contribution in [1.82, 2.24) is 10.2 Å². The number of ether oxygens (including phenoxy) is 1. The van der Waals surface area contributed by atoms with Crippen LogP contribution in [0.5, 0.6) is 5.75 Å². The van der Waals surface area contributed by atoms with E-state index in [0.29, 0.717) is 17.2 Å². The highest BCUT2D eigenvalue weighted by Gasteiger charge is 2.30. The zero-order valence-corrected chi connectivity index (χ0v) is 19.9. The molecule has 1 N–H and O–H groups in total. The number of halogens is 1. The molecule has 6 heteroatoms. The number of carbonyl (C=O) groups is 2. The average Bonchev–Trinajstić information content (AvgIpc) is 2.80. The Hall–Kier alpha value is -3.31. The van der Waals surface area contributed by atoms with Gasteiger partial charge in [-0.2, -0.15) is 0 Å². The third-order valence-electron chi connectivity index (χ3n) is 5.34. The van der Waals surface area contributed by atoms with Crippen LogP contribution >= 0.6 is 11.6 Å². The van der Waals surface area contributed by atoms with E-state index in [1.165, 1.54) is 0 Å². The van der Waals surface area contributed by atoms with Gasteiger partial charge in [0, 0.05) is 25.0 Å². The molecule has 0 saturated heterocycles. The van der Waals surface area contributed by atoms with Gasteiger partial charge < -0.3 is 15.0 Å². The first-order valence-electron chi connectivity index (χ1n) is 10.9. The van der Waals surface area contributed by atoms with Gasteiger partial charge in [-0.1, -0.05) is 60.1 Å². The van der Waals surface area contributed by atoms with Crippen LogP contribution in [0.2, 0.25) is 5.02 Å². The number of nitrogens with zero attached hydrogens (tertiary/aromatic N) is 1. The Balaban J connectivity index is 1.87. The lowest BCUT2D eigenvalue weighted by atomic mass is 10.0. The van der Waals surface area contributed by atoms with Crippen LogP contribution in [0.3, 0.4) is 0 Å². The number of hydrogen-bond donors (Lipinski definition) is 1. The molecular weight excluding hydrogens is 436 g/mol. The van der Waals surface area contributed by atoms with Gasteiger partial charge in [0.25, 0.3) is 5.91 Å². The number of likely N-dealkylation sites (N-methyl/N-ethyl adjacent to an activating group) is 1. The largest absolute Gasteiger partial charge is 0.484 e. The minimum Gasteiger partial charge on any atom is -0.484 e. The average molecular weight is 465 g/mol. The molecule has 0 radical (unpaired) electrons. The van der Waals surface area contributed by atoms with Crippen LogP contribution in [-0.4, -0.2) is 36.4 Å². The second kappa shape index (κ2) is 11.5. The number of carbonyl (C=O) groups excluding carboxylic acids is 2. The van der Waals surface area contributed by atoms with Crippen molar-refractivity contribution in [2.75, 3.05) is 13.7 Å². The predicted molar refractivity (Wildman–Crippen MR) is 131 cm³/mol. The van der Waals surface area contributed by atoms with E-state index in [1.807, 2.05) is 74.5 Å². The Morgan fingerprint density at radius 2 is 1.58 bits per heavy atom. The summed E-state index contributed by atoms with van der Waals surface area (Å²) < 4.78 is 5.84. The number of hydrogen-bond acceptors (Lipinski definition) is 3. The molecule has 0 bridgehead atoms. The summed E-state index contributed by atoms with van der Waals surface area (Å²) in [6, 6.07) is 22.1. The maximum atomic E-state index is 13.4. The second-order valence-electron chi connectivity index (χ2n) is 8.08. The molecule has 0 saturated carbocycles. The summed E-state index contributed by atoms with van der Waals surface area (Å²) in [7, 11) is 1.58. The van der Waals surface area contributed by atoms with Crippen molar-refractivity contribution in [3.8, 4) is 5.75 Å². The molecule has 5 nitrogen and oxygen atoms in total. The summed E-state index contributed by atoms with van der Waals surface area (Å²) >= 11 is 6.03. The molecule has 172 valence electrons. The molecule has 0 aromatic heterocycles. The molecular formula is C27H29ClN2O3. The van der Waals surface area contributed by atoms with Crippen molar-refractivity contribution < 1.29 is 14.3 Å². The van der Waals surface area contributed by atoms with Crippen molar-refractivity contribution in [2.45, 2.75) is 32.9 Å². The van der Waals surface area contributed by atoms with E-state index in [2.05, 4.69) is 5.32 Å². The maximum absolute atomic E-state index is 13.4. The summed E-state index contributed by atoms with van der Waals surface area (Å²) in [6.07, 6.45) is 0.392. The number of amides is 2. The number of nitrogens with one attached hydrogen (secondary N) is 1. The highest BCUT2D eigenvalue weighted by Crippen LogP contribution is 2.19. The minimum atomic E-state index is -0.691. The molecule has 0 fully saturated rings. The lowest BCUT2D eigenvalue weighted by Crippen LogP contribution is -2.51. The fraction of sp³-hybridized carbons (Fsp3) is 0.259. The van der Waals surface area contributed by atoms with Crippen LogP contribution in [0.4, 0.5) is 0 Å². The summed E-state index contributed by atoms with van der Waals surface area (Å²) in [4.78, 5) is 27.9. The summed E-state index contributed by atoms with van der Waals surface area (Å²) in [5.74, 6) is 0.132. The standard InChI is InChI=1S/C27H29ClN2O3/c1-19-13-20(2)15-24(14-19)33-18-26(31)30(17-22-9-11-23(28)12-10-22)25(27(32)29-3)16-21-7-5-4-6-8-21/h4-15,25H,16-18H2,1-3H3,(H,29,32). The van der Waals surface area contributed by atoms with Crippen molar-refractivity contribution in [3.63, 3.8) is 0 Å². The number of benzene rings is 3. The zero-order valence-electron chi connectivity index (χ0n) is 19.2. The molecule has 33 heavy (non-hydrogen) atoms. The maximum Gasteiger partial charge on any atom is 0.261 e. The molecule has 1 unspecified atom stereocenters. The first kappa shape index (κ1) is 24.3. The van der Waals surface area contributed by atoms with Gasteiger partial charge in [-0.3, -0.25) is 9.59 Å². The van der Waals surface area contributed by atoms with Crippen LogP contribution < -0.4 is 10.1 Å². The molecule has 3 aromatic carbocycles. The first-order chi connectivity index (χ1) is 15.9. The lowest BCUT2D eigenvalue weighted by Gasteiger charge is -2.31. The molecule has 0 heterocycles. The highest BCUT2D eigenvalue weighted by molar-refractivity contribution is 6.30. The van der Waals surface area contributed by atoms with Crippen LogP contribution in [0.1, 0.15) is 22.3 Å². The van der Waals surface area contributed by atoms with E-state index < -0.39 is 6.04 Å². The fourth-order valence-electron chi connectivity index (χ4n) is 3.75. The lowest BCUT2D eigenvalue weighted by molar-refractivity contribution is -0.142. The van der Waals surface area contributed by atoms with E-state index >= 15 is 0 Å². The Morgan fingerprint density at radius 1 is 0.939 bits per heavy atom. The summed E-state index contributed by atoms with van der Waals surface area (Å²) in [6.45, 7) is 4.06.